The van der Waals surface area contributed by atoms with Crippen LogP contribution in [0.4, 0.5) is 0 Å². The maximum absolute atomic E-state index is 12.6. The van der Waals surface area contributed by atoms with E-state index in [1.165, 1.54) is 12.5 Å². The lowest BCUT2D eigenvalue weighted by molar-refractivity contribution is 0.407. The van der Waals surface area contributed by atoms with Crippen LogP contribution in [-0.4, -0.2) is 15.0 Å². The van der Waals surface area contributed by atoms with Crippen molar-refractivity contribution in [2.45, 2.75) is 33.1 Å². The van der Waals surface area contributed by atoms with Crippen molar-refractivity contribution < 1.29 is 8.83 Å². The molecule has 7 heteroatoms. The number of hydrogen-bond acceptors (Lipinski definition) is 5. The Balaban J connectivity index is 1.78. The molecule has 0 aliphatic heterocycles. The van der Waals surface area contributed by atoms with E-state index in [0.29, 0.717) is 28.5 Å². The van der Waals surface area contributed by atoms with Gasteiger partial charge in [0.05, 0.1) is 0 Å². The van der Waals surface area contributed by atoms with Gasteiger partial charge in [-0.25, -0.2) is 4.98 Å². The van der Waals surface area contributed by atoms with Gasteiger partial charge in [0, 0.05) is 16.5 Å². The largest absolute Gasteiger partial charge is 0.461 e. The predicted molar refractivity (Wildman–Crippen MR) is 118 cm³/mol. The highest BCUT2D eigenvalue weighted by Gasteiger charge is 2.22. The van der Waals surface area contributed by atoms with E-state index in [0.717, 1.165) is 5.56 Å². The van der Waals surface area contributed by atoms with Crippen LogP contribution in [0.2, 0.25) is 0 Å². The molecule has 1 aromatic carbocycles. The Hall–Kier alpha value is -3.87. The minimum atomic E-state index is -0.432. The molecule has 0 unspecified atom stereocenters. The Morgan fingerprint density at radius 1 is 0.968 bits per heavy atom. The molecule has 0 aliphatic carbocycles. The Morgan fingerprint density at radius 3 is 2.26 bits per heavy atom. The summed E-state index contributed by atoms with van der Waals surface area (Å²) in [6.45, 7) is 7.75. The number of furan rings is 1. The lowest BCUT2D eigenvalue weighted by Crippen LogP contribution is -2.46. The third kappa shape index (κ3) is 4.21. The number of rotatable bonds is 3. The SMILES string of the molecule is Cc1oc(-c2ccccc2)cc1C=c1[nH]c(=O)c(=Cc2ncoc2C(C)(C)C)[nH]c1=O. The van der Waals surface area contributed by atoms with Crippen molar-refractivity contribution in [1.82, 2.24) is 15.0 Å². The molecule has 0 bridgehead atoms. The van der Waals surface area contributed by atoms with E-state index in [1.807, 2.05) is 64.1 Å². The molecule has 0 saturated carbocycles. The van der Waals surface area contributed by atoms with Crippen molar-refractivity contribution in [3.05, 3.63) is 97.0 Å². The molecule has 0 atom stereocenters. The smallest absolute Gasteiger partial charge is 0.272 e. The third-order valence-electron chi connectivity index (χ3n) is 4.86. The van der Waals surface area contributed by atoms with E-state index in [9.17, 15) is 9.59 Å². The molecule has 0 saturated heterocycles. The zero-order valence-corrected chi connectivity index (χ0v) is 17.8. The van der Waals surface area contributed by atoms with Gasteiger partial charge in [-0.3, -0.25) is 9.59 Å². The number of benzene rings is 1. The number of aryl methyl sites for hydroxylation is 1. The van der Waals surface area contributed by atoms with Crippen molar-refractivity contribution in [3.63, 3.8) is 0 Å². The summed E-state index contributed by atoms with van der Waals surface area (Å²) in [4.78, 5) is 34.7. The van der Waals surface area contributed by atoms with Crippen LogP contribution in [0.1, 0.15) is 43.5 Å². The standard InChI is InChI=1S/C24H23N3O4/c1-14-16(11-20(31-14)15-8-6-5-7-9-15)10-18-22(28)27-19(23(29)26-18)12-17-21(24(2,3)4)30-13-25-17/h5-13H,1-4H3,(H,26,29)(H,27,28). The zero-order valence-electron chi connectivity index (χ0n) is 17.8. The molecule has 0 amide bonds. The number of aromatic nitrogens is 3. The van der Waals surface area contributed by atoms with Crippen molar-refractivity contribution in [2.75, 3.05) is 0 Å². The van der Waals surface area contributed by atoms with Crippen molar-refractivity contribution >= 4 is 12.2 Å². The first-order valence-electron chi connectivity index (χ1n) is 9.88. The fourth-order valence-electron chi connectivity index (χ4n) is 3.29. The molecule has 3 heterocycles. The molecule has 158 valence electrons. The van der Waals surface area contributed by atoms with E-state index in [-0.39, 0.29) is 16.1 Å². The molecule has 2 N–H and O–H groups in total. The maximum atomic E-state index is 12.6. The first kappa shape index (κ1) is 20.4. The number of aromatic amines is 2. The lowest BCUT2D eigenvalue weighted by atomic mass is 9.92. The number of oxazole rings is 1. The van der Waals surface area contributed by atoms with Gasteiger partial charge in [0.1, 0.15) is 33.7 Å². The highest BCUT2D eigenvalue weighted by Crippen LogP contribution is 2.26. The van der Waals surface area contributed by atoms with Crippen LogP contribution in [0.15, 0.2) is 61.2 Å². The monoisotopic (exact) mass is 417 g/mol. The lowest BCUT2D eigenvalue weighted by Gasteiger charge is -2.14. The van der Waals surface area contributed by atoms with Gasteiger partial charge in [0.25, 0.3) is 11.1 Å². The number of nitrogens with zero attached hydrogens (tertiary/aromatic N) is 1. The quantitative estimate of drug-likeness (QED) is 0.533. The normalized spacial score (nSPS) is 13.2. The van der Waals surface area contributed by atoms with Crippen LogP contribution in [0.5, 0.6) is 0 Å². The van der Waals surface area contributed by atoms with Gasteiger partial charge in [-0.2, -0.15) is 0 Å². The maximum Gasteiger partial charge on any atom is 0.272 e. The summed E-state index contributed by atoms with van der Waals surface area (Å²) in [7, 11) is 0. The molecule has 4 aromatic rings. The highest BCUT2D eigenvalue weighted by molar-refractivity contribution is 5.63. The Kier molecular flexibility index (Phi) is 5.10. The zero-order chi connectivity index (χ0) is 22.2. The summed E-state index contributed by atoms with van der Waals surface area (Å²) in [5, 5.41) is 0.247. The Bertz CT molecular complexity index is 1460. The molecular weight excluding hydrogens is 394 g/mol. The van der Waals surface area contributed by atoms with Crippen LogP contribution in [0.25, 0.3) is 23.5 Å². The molecule has 0 spiro atoms. The summed E-state index contributed by atoms with van der Waals surface area (Å²) in [5.74, 6) is 1.96. The first-order chi connectivity index (χ1) is 14.7. The van der Waals surface area contributed by atoms with Crippen LogP contribution in [-0.2, 0) is 5.41 Å². The molecule has 31 heavy (non-hydrogen) atoms. The number of nitrogens with one attached hydrogen (secondary N) is 2. The summed E-state index contributed by atoms with van der Waals surface area (Å²) in [6.07, 6.45) is 4.45. The number of hydrogen-bond donors (Lipinski definition) is 2. The van der Waals surface area contributed by atoms with E-state index in [2.05, 4.69) is 15.0 Å². The first-order valence-corrected chi connectivity index (χ1v) is 9.88. The predicted octanol–water partition coefficient (Wildman–Crippen LogP) is 2.57. The Morgan fingerprint density at radius 2 is 1.61 bits per heavy atom. The fraction of sp³-hybridized carbons (Fsp3) is 0.208. The van der Waals surface area contributed by atoms with Crippen LogP contribution < -0.4 is 21.8 Å². The summed E-state index contributed by atoms with van der Waals surface area (Å²) in [6, 6.07) is 11.5. The van der Waals surface area contributed by atoms with Gasteiger partial charge in [0.15, 0.2) is 6.39 Å². The molecule has 0 fully saturated rings. The van der Waals surface area contributed by atoms with Crippen molar-refractivity contribution in [3.8, 4) is 11.3 Å². The molecule has 0 aliphatic rings. The van der Waals surface area contributed by atoms with Crippen molar-refractivity contribution in [2.24, 2.45) is 0 Å². The second kappa shape index (κ2) is 7.75. The van der Waals surface area contributed by atoms with Gasteiger partial charge in [-0.05, 0) is 25.1 Å². The van der Waals surface area contributed by atoms with E-state index in [4.69, 9.17) is 8.83 Å². The second-order valence-electron chi connectivity index (χ2n) is 8.33. The molecule has 0 radical (unpaired) electrons. The highest BCUT2D eigenvalue weighted by atomic mass is 16.3. The second-order valence-corrected chi connectivity index (χ2v) is 8.33. The van der Waals surface area contributed by atoms with Crippen LogP contribution in [0, 0.1) is 6.92 Å². The van der Waals surface area contributed by atoms with E-state index >= 15 is 0 Å². The van der Waals surface area contributed by atoms with Crippen LogP contribution >= 0.6 is 0 Å². The minimum Gasteiger partial charge on any atom is -0.461 e. The third-order valence-corrected chi connectivity index (χ3v) is 4.86. The average Bonchev–Trinajstić information content (AvgIpc) is 3.33. The minimum absolute atomic E-state index is 0.107. The summed E-state index contributed by atoms with van der Waals surface area (Å²) >= 11 is 0. The summed E-state index contributed by atoms with van der Waals surface area (Å²) in [5.41, 5.74) is 0.997. The molecule has 3 aromatic heterocycles. The Labute approximate surface area is 177 Å². The van der Waals surface area contributed by atoms with Crippen LogP contribution in [0.3, 0.4) is 0 Å². The topological polar surface area (TPSA) is 105 Å². The summed E-state index contributed by atoms with van der Waals surface area (Å²) < 4.78 is 11.3. The molecular formula is C24H23N3O4. The molecule has 7 nitrogen and oxygen atoms in total. The van der Waals surface area contributed by atoms with Gasteiger partial charge in [-0.15, -0.1) is 0 Å². The van der Waals surface area contributed by atoms with Gasteiger partial charge in [-0.1, -0.05) is 51.1 Å². The van der Waals surface area contributed by atoms with Crippen molar-refractivity contribution in [1.29, 1.82) is 0 Å². The molecule has 4 rings (SSSR count). The van der Waals surface area contributed by atoms with Gasteiger partial charge >= 0.3 is 0 Å². The van der Waals surface area contributed by atoms with Gasteiger partial charge in [0.2, 0.25) is 0 Å². The van der Waals surface area contributed by atoms with E-state index in [1.54, 1.807) is 6.08 Å². The van der Waals surface area contributed by atoms with E-state index < -0.39 is 11.1 Å². The fourth-order valence-corrected chi connectivity index (χ4v) is 3.29. The average molecular weight is 417 g/mol. The number of H-pyrrole nitrogens is 2. The van der Waals surface area contributed by atoms with Gasteiger partial charge < -0.3 is 18.8 Å².